The molecule has 0 bridgehead atoms. The van der Waals surface area contributed by atoms with Gasteiger partial charge in [-0.1, -0.05) is 47.1 Å². The summed E-state index contributed by atoms with van der Waals surface area (Å²) in [6, 6.07) is 10.5. The van der Waals surface area contributed by atoms with Crippen LogP contribution in [-0.4, -0.2) is 40.6 Å². The molecular weight excluding hydrogens is 487 g/mol. The molecular formula is C22H24Cl2N4O4S. The number of rotatable bonds is 10. The summed E-state index contributed by atoms with van der Waals surface area (Å²) in [5.41, 5.74) is 0.462. The predicted octanol–water partition coefficient (Wildman–Crippen LogP) is 5.49. The third-order valence-corrected chi connectivity index (χ3v) is 6.22. The molecule has 176 valence electrons. The number of carbonyl (C=O) groups excluding carboxylic acids is 1. The van der Waals surface area contributed by atoms with Crippen molar-refractivity contribution in [3.05, 3.63) is 52.3 Å². The number of anilines is 1. The van der Waals surface area contributed by atoms with Crippen LogP contribution in [0.15, 0.2) is 41.6 Å². The highest BCUT2D eigenvalue weighted by atomic mass is 35.5. The largest absolute Gasteiger partial charge is 0.495 e. The molecule has 3 rings (SSSR count). The van der Waals surface area contributed by atoms with Crippen LogP contribution in [0.4, 0.5) is 5.69 Å². The van der Waals surface area contributed by atoms with Gasteiger partial charge in [-0.2, -0.15) is 0 Å². The van der Waals surface area contributed by atoms with E-state index in [-0.39, 0.29) is 17.8 Å². The van der Waals surface area contributed by atoms with Gasteiger partial charge in [-0.3, -0.25) is 4.79 Å². The maximum atomic E-state index is 12.6. The summed E-state index contributed by atoms with van der Waals surface area (Å²) >= 11 is 13.6. The van der Waals surface area contributed by atoms with E-state index in [4.69, 9.17) is 37.4 Å². The summed E-state index contributed by atoms with van der Waals surface area (Å²) in [7, 11) is 3.00. The lowest BCUT2D eigenvalue weighted by Gasteiger charge is -2.16. The molecule has 0 saturated carbocycles. The summed E-state index contributed by atoms with van der Waals surface area (Å²) in [5.74, 6) is 1.95. The molecule has 1 atom stereocenters. The molecule has 1 aromatic heterocycles. The Bertz CT molecular complexity index is 1130. The van der Waals surface area contributed by atoms with E-state index in [1.165, 1.54) is 26.0 Å². The number of para-hydroxylation sites is 1. The molecule has 3 aromatic rings. The maximum absolute atomic E-state index is 12.6. The number of benzene rings is 2. The zero-order valence-electron chi connectivity index (χ0n) is 18.6. The molecule has 1 N–H and O–H groups in total. The van der Waals surface area contributed by atoms with Gasteiger partial charge in [0.2, 0.25) is 5.91 Å². The highest BCUT2D eigenvalue weighted by molar-refractivity contribution is 7.99. The number of ether oxygens (including phenoxy) is 3. The van der Waals surface area contributed by atoms with Crippen molar-refractivity contribution in [3.8, 4) is 17.2 Å². The van der Waals surface area contributed by atoms with E-state index in [0.29, 0.717) is 50.5 Å². The fourth-order valence-corrected chi connectivity index (χ4v) is 4.28. The quantitative estimate of drug-likeness (QED) is 0.360. The highest BCUT2D eigenvalue weighted by Gasteiger charge is 2.20. The van der Waals surface area contributed by atoms with Crippen LogP contribution in [0, 0.1) is 0 Å². The molecule has 0 fully saturated rings. The number of carbonyl (C=O) groups is 1. The van der Waals surface area contributed by atoms with Gasteiger partial charge in [0.25, 0.3) is 0 Å². The van der Waals surface area contributed by atoms with E-state index < -0.39 is 0 Å². The Kier molecular flexibility index (Phi) is 8.71. The summed E-state index contributed by atoms with van der Waals surface area (Å²) in [6.45, 7) is 4.47. The predicted molar refractivity (Wildman–Crippen MR) is 130 cm³/mol. The Labute approximate surface area is 206 Å². The van der Waals surface area contributed by atoms with Crippen molar-refractivity contribution < 1.29 is 19.0 Å². The van der Waals surface area contributed by atoms with Crippen molar-refractivity contribution in [3.63, 3.8) is 0 Å². The number of amides is 1. The molecule has 0 spiro atoms. The standard InChI is InChI=1S/C22H24Cl2N4O4S/c1-5-28-21(13(2)32-17-9-7-6-8-14(17)23)26-27-22(28)33-12-20(29)25-16-11-18(30-3)15(24)10-19(16)31-4/h6-11,13H,5,12H2,1-4H3,(H,25,29). The zero-order valence-corrected chi connectivity index (χ0v) is 20.9. The normalized spacial score (nSPS) is 11.7. The molecule has 1 unspecified atom stereocenters. The first-order valence-electron chi connectivity index (χ1n) is 10.1. The number of aromatic nitrogens is 3. The summed E-state index contributed by atoms with van der Waals surface area (Å²) in [5, 5.41) is 12.9. The van der Waals surface area contributed by atoms with E-state index >= 15 is 0 Å². The van der Waals surface area contributed by atoms with Gasteiger partial charge >= 0.3 is 0 Å². The Hall–Kier alpha value is -2.62. The molecule has 8 nitrogen and oxygen atoms in total. The van der Waals surface area contributed by atoms with Crippen LogP contribution in [0.25, 0.3) is 0 Å². The number of nitrogens with one attached hydrogen (secondary N) is 1. The number of halogens is 2. The van der Waals surface area contributed by atoms with Crippen molar-refractivity contribution >= 4 is 46.6 Å². The third kappa shape index (κ3) is 6.04. The van der Waals surface area contributed by atoms with Crippen LogP contribution in [0.5, 0.6) is 17.2 Å². The first-order valence-corrected chi connectivity index (χ1v) is 11.8. The van der Waals surface area contributed by atoms with Gasteiger partial charge in [0.05, 0.1) is 35.7 Å². The third-order valence-electron chi connectivity index (χ3n) is 4.65. The summed E-state index contributed by atoms with van der Waals surface area (Å²) in [4.78, 5) is 12.6. The van der Waals surface area contributed by atoms with Gasteiger partial charge in [0.1, 0.15) is 17.2 Å². The monoisotopic (exact) mass is 510 g/mol. The number of nitrogens with zero attached hydrogens (tertiary/aromatic N) is 3. The minimum absolute atomic E-state index is 0.117. The van der Waals surface area contributed by atoms with Crippen molar-refractivity contribution in [2.24, 2.45) is 0 Å². The molecule has 0 aliphatic carbocycles. The fraction of sp³-hybridized carbons (Fsp3) is 0.318. The highest BCUT2D eigenvalue weighted by Crippen LogP contribution is 2.36. The SMILES string of the molecule is CCn1c(SCC(=O)Nc2cc(OC)c(Cl)cc2OC)nnc1C(C)Oc1ccccc1Cl. The average molecular weight is 511 g/mol. The number of hydrogen-bond donors (Lipinski definition) is 1. The van der Waals surface area contributed by atoms with Crippen molar-refractivity contribution in [2.45, 2.75) is 31.7 Å². The van der Waals surface area contributed by atoms with Crippen molar-refractivity contribution in [1.29, 1.82) is 0 Å². The molecule has 33 heavy (non-hydrogen) atoms. The lowest BCUT2D eigenvalue weighted by atomic mass is 10.2. The number of methoxy groups -OCH3 is 2. The van der Waals surface area contributed by atoms with Crippen LogP contribution in [-0.2, 0) is 11.3 Å². The van der Waals surface area contributed by atoms with Crippen LogP contribution >= 0.6 is 35.0 Å². The average Bonchev–Trinajstić information content (AvgIpc) is 3.23. The number of hydrogen-bond acceptors (Lipinski definition) is 7. The van der Waals surface area contributed by atoms with Gasteiger partial charge in [0, 0.05) is 18.7 Å². The van der Waals surface area contributed by atoms with Gasteiger partial charge in [0.15, 0.2) is 17.1 Å². The summed E-state index contributed by atoms with van der Waals surface area (Å²) < 4.78 is 18.4. The minimum Gasteiger partial charge on any atom is -0.495 e. The van der Waals surface area contributed by atoms with Crippen LogP contribution in [0.1, 0.15) is 25.8 Å². The number of thioether (sulfide) groups is 1. The van der Waals surface area contributed by atoms with Gasteiger partial charge in [-0.25, -0.2) is 0 Å². The fourth-order valence-electron chi connectivity index (χ4n) is 3.06. The van der Waals surface area contributed by atoms with Crippen molar-refractivity contribution in [1.82, 2.24) is 14.8 Å². The second-order valence-electron chi connectivity index (χ2n) is 6.80. The van der Waals surface area contributed by atoms with Crippen LogP contribution < -0.4 is 19.5 Å². The molecule has 11 heteroatoms. The Morgan fingerprint density at radius 3 is 2.48 bits per heavy atom. The van der Waals surface area contributed by atoms with E-state index in [0.717, 1.165) is 0 Å². The lowest BCUT2D eigenvalue weighted by Crippen LogP contribution is -2.16. The summed E-state index contributed by atoms with van der Waals surface area (Å²) in [6.07, 6.45) is -0.383. The Morgan fingerprint density at radius 2 is 1.82 bits per heavy atom. The van der Waals surface area contributed by atoms with Crippen LogP contribution in [0.3, 0.4) is 0 Å². The van der Waals surface area contributed by atoms with Crippen LogP contribution in [0.2, 0.25) is 10.0 Å². The van der Waals surface area contributed by atoms with E-state index in [1.807, 2.05) is 30.5 Å². The second-order valence-corrected chi connectivity index (χ2v) is 8.56. The Balaban J connectivity index is 1.68. The smallest absolute Gasteiger partial charge is 0.234 e. The van der Waals surface area contributed by atoms with E-state index in [2.05, 4.69) is 15.5 Å². The van der Waals surface area contributed by atoms with Gasteiger partial charge < -0.3 is 24.1 Å². The van der Waals surface area contributed by atoms with Gasteiger partial charge in [-0.05, 0) is 26.0 Å². The molecule has 0 aliphatic heterocycles. The van der Waals surface area contributed by atoms with Gasteiger partial charge in [-0.15, -0.1) is 10.2 Å². The molecule has 0 saturated heterocycles. The zero-order chi connectivity index (χ0) is 24.0. The molecule has 2 aromatic carbocycles. The minimum atomic E-state index is -0.383. The lowest BCUT2D eigenvalue weighted by molar-refractivity contribution is -0.113. The second kappa shape index (κ2) is 11.5. The van der Waals surface area contributed by atoms with E-state index in [1.54, 1.807) is 24.3 Å². The molecule has 0 radical (unpaired) electrons. The molecule has 0 aliphatic rings. The molecule has 1 heterocycles. The first-order chi connectivity index (χ1) is 15.9. The molecule has 1 amide bonds. The Morgan fingerprint density at radius 1 is 1.09 bits per heavy atom. The van der Waals surface area contributed by atoms with E-state index in [9.17, 15) is 4.79 Å². The topological polar surface area (TPSA) is 87.5 Å². The van der Waals surface area contributed by atoms with Crippen molar-refractivity contribution in [2.75, 3.05) is 25.3 Å². The first kappa shape index (κ1) is 25.0. The maximum Gasteiger partial charge on any atom is 0.234 e.